The van der Waals surface area contributed by atoms with Crippen LogP contribution >= 0.6 is 0 Å². The van der Waals surface area contributed by atoms with Gasteiger partial charge in [-0.1, -0.05) is 66.7 Å². The van der Waals surface area contributed by atoms with Crippen LogP contribution in [-0.4, -0.2) is 4.98 Å². The number of aryl methyl sites for hydroxylation is 1. The van der Waals surface area contributed by atoms with E-state index < -0.39 is 0 Å². The van der Waals surface area contributed by atoms with Crippen LogP contribution in [0.2, 0.25) is 0 Å². The minimum atomic E-state index is 0.930. The molecular formula is C29H21NO. The fourth-order valence-electron chi connectivity index (χ4n) is 4.77. The van der Waals surface area contributed by atoms with E-state index in [-0.39, 0.29) is 0 Å². The lowest BCUT2D eigenvalue weighted by Gasteiger charge is -2.15. The van der Waals surface area contributed by atoms with Crippen molar-refractivity contribution in [2.24, 2.45) is 0 Å². The standard InChI is InChI=1S/C29H21NO/c1-18-8-7-17-30-29(18)21-11-5-10-20(19(21)2)22-12-6-13-24-23(22)15-16-27-28(24)25-9-3-4-14-26(25)31-27/h3-17H,1-2H3. The van der Waals surface area contributed by atoms with Gasteiger partial charge in [-0.25, -0.2) is 0 Å². The molecule has 4 aromatic carbocycles. The third-order valence-corrected chi connectivity index (χ3v) is 6.29. The van der Waals surface area contributed by atoms with Gasteiger partial charge in [0, 0.05) is 22.5 Å². The Hall–Kier alpha value is -3.91. The summed E-state index contributed by atoms with van der Waals surface area (Å²) in [6.45, 7) is 4.32. The fourth-order valence-corrected chi connectivity index (χ4v) is 4.77. The van der Waals surface area contributed by atoms with Gasteiger partial charge in [0.05, 0.1) is 5.69 Å². The number of benzene rings is 4. The highest BCUT2D eigenvalue weighted by molar-refractivity contribution is 6.21. The number of aromatic nitrogens is 1. The molecule has 0 saturated heterocycles. The van der Waals surface area contributed by atoms with Gasteiger partial charge >= 0.3 is 0 Å². The lowest BCUT2D eigenvalue weighted by atomic mass is 9.90. The molecule has 0 aliphatic rings. The van der Waals surface area contributed by atoms with E-state index in [0.717, 1.165) is 22.2 Å². The van der Waals surface area contributed by atoms with Crippen molar-refractivity contribution in [2.45, 2.75) is 13.8 Å². The second-order valence-corrected chi connectivity index (χ2v) is 8.08. The van der Waals surface area contributed by atoms with Gasteiger partial charge in [-0.2, -0.15) is 0 Å². The van der Waals surface area contributed by atoms with Crippen molar-refractivity contribution in [3.63, 3.8) is 0 Å². The molecule has 0 spiro atoms. The van der Waals surface area contributed by atoms with Crippen LogP contribution in [0.5, 0.6) is 0 Å². The van der Waals surface area contributed by atoms with Gasteiger partial charge in [-0.15, -0.1) is 0 Å². The highest BCUT2D eigenvalue weighted by Crippen LogP contribution is 2.40. The Balaban J connectivity index is 1.65. The molecule has 0 atom stereocenters. The Labute approximate surface area is 180 Å². The van der Waals surface area contributed by atoms with Crippen molar-refractivity contribution in [2.75, 3.05) is 0 Å². The van der Waals surface area contributed by atoms with Crippen molar-refractivity contribution in [1.29, 1.82) is 0 Å². The molecule has 0 fully saturated rings. The average Bonchev–Trinajstić information content (AvgIpc) is 3.19. The number of furan rings is 1. The zero-order chi connectivity index (χ0) is 20.9. The highest BCUT2D eigenvalue weighted by atomic mass is 16.3. The van der Waals surface area contributed by atoms with Crippen LogP contribution in [0.1, 0.15) is 11.1 Å². The quantitative estimate of drug-likeness (QED) is 0.294. The molecule has 0 unspecified atom stereocenters. The first kappa shape index (κ1) is 17.9. The molecule has 2 nitrogen and oxygen atoms in total. The van der Waals surface area contributed by atoms with E-state index >= 15 is 0 Å². The lowest BCUT2D eigenvalue weighted by Crippen LogP contribution is -1.93. The summed E-state index contributed by atoms with van der Waals surface area (Å²) in [4.78, 5) is 4.66. The van der Waals surface area contributed by atoms with E-state index in [9.17, 15) is 0 Å². The number of hydrogen-bond donors (Lipinski definition) is 0. The summed E-state index contributed by atoms with van der Waals surface area (Å²) in [5, 5.41) is 4.80. The first-order valence-corrected chi connectivity index (χ1v) is 10.6. The Bertz CT molecular complexity index is 1610. The van der Waals surface area contributed by atoms with E-state index in [4.69, 9.17) is 4.42 Å². The number of hydrogen-bond acceptors (Lipinski definition) is 2. The second-order valence-electron chi connectivity index (χ2n) is 8.08. The molecule has 6 aromatic rings. The number of para-hydroxylation sites is 1. The van der Waals surface area contributed by atoms with E-state index in [1.807, 2.05) is 24.4 Å². The van der Waals surface area contributed by atoms with Crippen molar-refractivity contribution < 1.29 is 4.42 Å². The largest absolute Gasteiger partial charge is 0.456 e. The van der Waals surface area contributed by atoms with Crippen LogP contribution in [0.3, 0.4) is 0 Å². The third kappa shape index (κ3) is 2.69. The van der Waals surface area contributed by atoms with Crippen molar-refractivity contribution in [3.8, 4) is 22.4 Å². The zero-order valence-electron chi connectivity index (χ0n) is 17.5. The highest BCUT2D eigenvalue weighted by Gasteiger charge is 2.15. The lowest BCUT2D eigenvalue weighted by molar-refractivity contribution is 0.669. The van der Waals surface area contributed by atoms with E-state index in [2.05, 4.69) is 85.6 Å². The zero-order valence-corrected chi connectivity index (χ0v) is 17.5. The smallest absolute Gasteiger partial charge is 0.136 e. The summed E-state index contributed by atoms with van der Waals surface area (Å²) in [7, 11) is 0. The van der Waals surface area contributed by atoms with Gasteiger partial charge in [0.2, 0.25) is 0 Å². The van der Waals surface area contributed by atoms with Crippen LogP contribution in [0, 0.1) is 13.8 Å². The van der Waals surface area contributed by atoms with E-state index in [1.54, 1.807) is 0 Å². The Morgan fingerprint density at radius 3 is 2.26 bits per heavy atom. The molecule has 2 aromatic heterocycles. The molecular weight excluding hydrogens is 378 g/mol. The minimum Gasteiger partial charge on any atom is -0.456 e. The van der Waals surface area contributed by atoms with Crippen molar-refractivity contribution in [3.05, 3.63) is 102 Å². The first-order valence-electron chi connectivity index (χ1n) is 10.6. The number of fused-ring (bicyclic) bond motifs is 5. The van der Waals surface area contributed by atoms with Crippen LogP contribution < -0.4 is 0 Å². The average molecular weight is 399 g/mol. The van der Waals surface area contributed by atoms with E-state index in [1.165, 1.54) is 44.0 Å². The van der Waals surface area contributed by atoms with Crippen LogP contribution in [0.25, 0.3) is 55.1 Å². The van der Waals surface area contributed by atoms with Crippen molar-refractivity contribution in [1.82, 2.24) is 4.98 Å². The van der Waals surface area contributed by atoms with Crippen LogP contribution in [0.4, 0.5) is 0 Å². The number of nitrogens with zero attached hydrogens (tertiary/aromatic N) is 1. The Morgan fingerprint density at radius 1 is 0.581 bits per heavy atom. The molecule has 0 saturated carbocycles. The number of rotatable bonds is 2. The van der Waals surface area contributed by atoms with Gasteiger partial charge in [0.25, 0.3) is 0 Å². The molecule has 2 heterocycles. The van der Waals surface area contributed by atoms with Crippen LogP contribution in [0.15, 0.2) is 95.5 Å². The first-order chi connectivity index (χ1) is 15.2. The summed E-state index contributed by atoms with van der Waals surface area (Å²) in [5.41, 5.74) is 8.99. The predicted octanol–water partition coefficient (Wildman–Crippen LogP) is 8.09. The topological polar surface area (TPSA) is 26.0 Å². The fraction of sp³-hybridized carbons (Fsp3) is 0.0690. The minimum absolute atomic E-state index is 0.930. The Kier molecular flexibility index (Phi) is 3.94. The maximum atomic E-state index is 6.11. The predicted molar refractivity (Wildman–Crippen MR) is 129 cm³/mol. The summed E-state index contributed by atoms with van der Waals surface area (Å²) >= 11 is 0. The SMILES string of the molecule is Cc1cccnc1-c1cccc(-c2cccc3c2ccc2oc4ccccc4c23)c1C. The van der Waals surface area contributed by atoms with Gasteiger partial charge in [-0.3, -0.25) is 4.98 Å². The molecule has 0 aliphatic carbocycles. The van der Waals surface area contributed by atoms with Gasteiger partial charge in [0.15, 0.2) is 0 Å². The van der Waals surface area contributed by atoms with E-state index in [0.29, 0.717) is 0 Å². The molecule has 6 rings (SSSR count). The summed E-state index contributed by atoms with van der Waals surface area (Å²) < 4.78 is 6.11. The monoisotopic (exact) mass is 399 g/mol. The molecule has 0 N–H and O–H groups in total. The summed E-state index contributed by atoms with van der Waals surface area (Å²) in [6, 6.07) is 29.7. The molecule has 0 bridgehead atoms. The molecule has 2 heteroatoms. The van der Waals surface area contributed by atoms with Crippen molar-refractivity contribution >= 4 is 32.7 Å². The molecule has 0 aliphatic heterocycles. The Morgan fingerprint density at radius 2 is 1.35 bits per heavy atom. The maximum absolute atomic E-state index is 6.11. The normalized spacial score (nSPS) is 11.5. The number of pyridine rings is 1. The molecule has 31 heavy (non-hydrogen) atoms. The summed E-state index contributed by atoms with van der Waals surface area (Å²) in [6.07, 6.45) is 1.87. The van der Waals surface area contributed by atoms with Gasteiger partial charge in [0.1, 0.15) is 11.2 Å². The second kappa shape index (κ2) is 6.82. The third-order valence-electron chi connectivity index (χ3n) is 6.29. The molecule has 148 valence electrons. The summed E-state index contributed by atoms with van der Waals surface area (Å²) in [5.74, 6) is 0. The van der Waals surface area contributed by atoms with Crippen LogP contribution in [-0.2, 0) is 0 Å². The molecule has 0 radical (unpaired) electrons. The molecule has 0 amide bonds. The van der Waals surface area contributed by atoms with Gasteiger partial charge in [-0.05, 0) is 65.1 Å². The maximum Gasteiger partial charge on any atom is 0.136 e. The van der Waals surface area contributed by atoms with Gasteiger partial charge < -0.3 is 4.42 Å².